The first-order chi connectivity index (χ1) is 10.8. The van der Waals surface area contributed by atoms with E-state index in [1.54, 1.807) is 6.07 Å². The van der Waals surface area contributed by atoms with E-state index < -0.39 is 12.3 Å². The van der Waals surface area contributed by atoms with Crippen LogP contribution in [0.5, 0.6) is 11.6 Å². The van der Waals surface area contributed by atoms with Gasteiger partial charge in [0.15, 0.2) is 0 Å². The molecule has 0 aliphatic carbocycles. The second-order valence-corrected chi connectivity index (χ2v) is 4.50. The average Bonchev–Trinajstić information content (AvgIpc) is 2.46. The third kappa shape index (κ3) is 4.60. The summed E-state index contributed by atoms with van der Waals surface area (Å²) in [5.74, 6) is -1.18. The molecule has 0 aliphatic heterocycles. The molecule has 2 aromatic rings. The standard InChI is InChI=1S/C15H12F3NO4/c1-22-14-12(7-4-10(19-14)8-13(20)21)9-2-5-11(6-3-9)23-15(16,17)18/h2-7H,8H2,1H3,(H,20,21). The first-order valence-electron chi connectivity index (χ1n) is 6.40. The Balaban J connectivity index is 2.29. The average molecular weight is 327 g/mol. The number of alkyl halides is 3. The van der Waals surface area contributed by atoms with E-state index in [1.165, 1.54) is 37.4 Å². The van der Waals surface area contributed by atoms with Crippen molar-refractivity contribution in [3.05, 3.63) is 42.1 Å². The van der Waals surface area contributed by atoms with Gasteiger partial charge in [-0.3, -0.25) is 4.79 Å². The molecule has 0 atom stereocenters. The van der Waals surface area contributed by atoms with Crippen LogP contribution in [0.4, 0.5) is 13.2 Å². The van der Waals surface area contributed by atoms with Crippen LogP contribution in [-0.2, 0) is 11.2 Å². The summed E-state index contributed by atoms with van der Waals surface area (Å²) < 4.78 is 45.3. The van der Waals surface area contributed by atoms with Crippen molar-refractivity contribution in [3.63, 3.8) is 0 Å². The maximum Gasteiger partial charge on any atom is 0.573 e. The summed E-state index contributed by atoms with van der Waals surface area (Å²) in [4.78, 5) is 14.8. The number of ether oxygens (including phenoxy) is 2. The molecule has 0 bridgehead atoms. The largest absolute Gasteiger partial charge is 0.573 e. The highest BCUT2D eigenvalue weighted by Gasteiger charge is 2.31. The summed E-state index contributed by atoms with van der Waals surface area (Å²) in [6, 6.07) is 8.33. The molecule has 23 heavy (non-hydrogen) atoms. The van der Waals surface area contributed by atoms with E-state index in [-0.39, 0.29) is 18.1 Å². The summed E-state index contributed by atoms with van der Waals surface area (Å²) >= 11 is 0. The fourth-order valence-corrected chi connectivity index (χ4v) is 1.94. The number of halogens is 3. The predicted octanol–water partition coefficient (Wildman–Crippen LogP) is 3.28. The van der Waals surface area contributed by atoms with Crippen molar-refractivity contribution in [2.75, 3.05) is 7.11 Å². The number of aliphatic carboxylic acids is 1. The molecule has 1 N–H and O–H groups in total. The molecule has 1 heterocycles. The van der Waals surface area contributed by atoms with Gasteiger partial charge in [-0.15, -0.1) is 13.2 Å². The number of hydrogen-bond donors (Lipinski definition) is 1. The van der Waals surface area contributed by atoms with Gasteiger partial charge in [0.05, 0.1) is 19.2 Å². The molecule has 2 rings (SSSR count). The van der Waals surface area contributed by atoms with Crippen molar-refractivity contribution < 1.29 is 32.5 Å². The number of carbonyl (C=O) groups is 1. The van der Waals surface area contributed by atoms with Gasteiger partial charge in [-0.05, 0) is 29.8 Å². The number of methoxy groups -OCH3 is 1. The van der Waals surface area contributed by atoms with Crippen molar-refractivity contribution >= 4 is 5.97 Å². The highest BCUT2D eigenvalue weighted by Crippen LogP contribution is 2.31. The number of carboxylic acid groups (broad SMARTS) is 1. The smallest absolute Gasteiger partial charge is 0.481 e. The molecule has 1 aromatic carbocycles. The summed E-state index contributed by atoms with van der Waals surface area (Å²) in [6.45, 7) is 0. The van der Waals surface area contributed by atoms with Crippen LogP contribution in [0, 0.1) is 0 Å². The molecule has 1 aromatic heterocycles. The Morgan fingerprint density at radius 1 is 1.17 bits per heavy atom. The third-order valence-corrected chi connectivity index (χ3v) is 2.84. The molecule has 0 radical (unpaired) electrons. The minimum Gasteiger partial charge on any atom is -0.481 e. The van der Waals surface area contributed by atoms with Crippen LogP contribution in [-0.4, -0.2) is 29.5 Å². The number of benzene rings is 1. The molecular formula is C15H12F3NO4. The highest BCUT2D eigenvalue weighted by molar-refractivity contribution is 5.72. The Bertz CT molecular complexity index is 699. The van der Waals surface area contributed by atoms with Gasteiger partial charge in [-0.2, -0.15) is 0 Å². The summed E-state index contributed by atoms with van der Waals surface area (Å²) in [5, 5.41) is 8.75. The van der Waals surface area contributed by atoms with E-state index in [1.807, 2.05) is 0 Å². The van der Waals surface area contributed by atoms with Crippen LogP contribution in [0.3, 0.4) is 0 Å². The summed E-state index contributed by atoms with van der Waals surface area (Å²) in [5.41, 5.74) is 1.40. The Labute approximate surface area is 129 Å². The first-order valence-corrected chi connectivity index (χ1v) is 6.40. The van der Waals surface area contributed by atoms with Crippen LogP contribution in [0.15, 0.2) is 36.4 Å². The minimum atomic E-state index is -4.75. The minimum absolute atomic E-state index is 0.188. The molecule has 0 unspecified atom stereocenters. The van der Waals surface area contributed by atoms with Gasteiger partial charge >= 0.3 is 12.3 Å². The predicted molar refractivity (Wildman–Crippen MR) is 74.2 cm³/mol. The summed E-state index contributed by atoms with van der Waals surface area (Å²) in [7, 11) is 1.37. The monoisotopic (exact) mass is 327 g/mol. The molecule has 0 amide bonds. The van der Waals surface area contributed by atoms with E-state index >= 15 is 0 Å². The summed E-state index contributed by atoms with van der Waals surface area (Å²) in [6.07, 6.45) is -5.01. The zero-order chi connectivity index (χ0) is 17.0. The number of carboxylic acids is 1. The zero-order valence-electron chi connectivity index (χ0n) is 11.9. The van der Waals surface area contributed by atoms with Crippen molar-refractivity contribution in [3.8, 4) is 22.8 Å². The van der Waals surface area contributed by atoms with Gasteiger partial charge in [0.2, 0.25) is 5.88 Å². The SMILES string of the molecule is COc1nc(CC(=O)O)ccc1-c1ccc(OC(F)(F)F)cc1. The fourth-order valence-electron chi connectivity index (χ4n) is 1.94. The molecule has 0 saturated carbocycles. The lowest BCUT2D eigenvalue weighted by Crippen LogP contribution is -2.16. The maximum absolute atomic E-state index is 12.1. The lowest BCUT2D eigenvalue weighted by Gasteiger charge is -2.11. The van der Waals surface area contributed by atoms with Crippen LogP contribution >= 0.6 is 0 Å². The van der Waals surface area contributed by atoms with Gasteiger partial charge < -0.3 is 14.6 Å². The Hall–Kier alpha value is -2.77. The Morgan fingerprint density at radius 3 is 2.35 bits per heavy atom. The Kier molecular flexibility index (Phi) is 4.73. The Morgan fingerprint density at radius 2 is 1.83 bits per heavy atom. The van der Waals surface area contributed by atoms with Gasteiger partial charge in [0, 0.05) is 5.56 Å². The maximum atomic E-state index is 12.1. The topological polar surface area (TPSA) is 68.7 Å². The molecule has 8 heteroatoms. The number of rotatable bonds is 5. The van der Waals surface area contributed by atoms with Crippen LogP contribution in [0.25, 0.3) is 11.1 Å². The van der Waals surface area contributed by atoms with Crippen LogP contribution < -0.4 is 9.47 Å². The lowest BCUT2D eigenvalue weighted by atomic mass is 10.1. The zero-order valence-corrected chi connectivity index (χ0v) is 11.9. The number of pyridine rings is 1. The third-order valence-electron chi connectivity index (χ3n) is 2.84. The number of nitrogens with zero attached hydrogens (tertiary/aromatic N) is 1. The fraction of sp³-hybridized carbons (Fsp3) is 0.200. The van der Waals surface area contributed by atoms with Gasteiger partial charge in [-0.25, -0.2) is 4.98 Å². The molecular weight excluding hydrogens is 315 g/mol. The first kappa shape index (κ1) is 16.6. The number of hydrogen-bond acceptors (Lipinski definition) is 4. The van der Waals surface area contributed by atoms with Crippen LogP contribution in [0.1, 0.15) is 5.69 Å². The van der Waals surface area contributed by atoms with Gasteiger partial charge in [-0.1, -0.05) is 12.1 Å². The van der Waals surface area contributed by atoms with E-state index in [4.69, 9.17) is 9.84 Å². The molecule has 0 aliphatic rings. The molecule has 122 valence electrons. The van der Waals surface area contributed by atoms with Crippen molar-refractivity contribution in [1.82, 2.24) is 4.98 Å². The van der Waals surface area contributed by atoms with Gasteiger partial charge in [0.1, 0.15) is 5.75 Å². The van der Waals surface area contributed by atoms with E-state index in [0.717, 1.165) is 0 Å². The molecule has 0 spiro atoms. The van der Waals surface area contributed by atoms with Crippen LogP contribution in [0.2, 0.25) is 0 Å². The molecule has 0 saturated heterocycles. The molecule has 0 fully saturated rings. The second-order valence-electron chi connectivity index (χ2n) is 4.50. The lowest BCUT2D eigenvalue weighted by molar-refractivity contribution is -0.274. The van der Waals surface area contributed by atoms with Gasteiger partial charge in [0.25, 0.3) is 0 Å². The second kappa shape index (κ2) is 6.55. The van der Waals surface area contributed by atoms with E-state index in [9.17, 15) is 18.0 Å². The quantitative estimate of drug-likeness (QED) is 0.913. The number of aromatic nitrogens is 1. The van der Waals surface area contributed by atoms with Crippen molar-refractivity contribution in [2.24, 2.45) is 0 Å². The molecule has 5 nitrogen and oxygen atoms in total. The van der Waals surface area contributed by atoms with E-state index in [2.05, 4.69) is 9.72 Å². The highest BCUT2D eigenvalue weighted by atomic mass is 19.4. The van der Waals surface area contributed by atoms with Crippen molar-refractivity contribution in [1.29, 1.82) is 0 Å². The normalized spacial score (nSPS) is 11.1. The van der Waals surface area contributed by atoms with Crippen molar-refractivity contribution in [2.45, 2.75) is 12.8 Å². The van der Waals surface area contributed by atoms with E-state index in [0.29, 0.717) is 16.8 Å².